The van der Waals surface area contributed by atoms with E-state index >= 15 is 0 Å². The largest absolute Gasteiger partial charge is 0.503 e. The zero-order valence-electron chi connectivity index (χ0n) is 13.3. The van der Waals surface area contributed by atoms with E-state index in [0.717, 1.165) is 44.5 Å². The highest BCUT2D eigenvalue weighted by atomic mass is 19.4. The van der Waals surface area contributed by atoms with Crippen LogP contribution in [0.15, 0.2) is 28.7 Å². The van der Waals surface area contributed by atoms with E-state index in [2.05, 4.69) is 5.32 Å². The molecule has 0 atom stereocenters. The average Bonchev–Trinajstić information content (AvgIpc) is 2.91. The van der Waals surface area contributed by atoms with Crippen LogP contribution in [0.4, 0.5) is 24.9 Å². The molecule has 0 aliphatic carbocycles. The van der Waals surface area contributed by atoms with Crippen LogP contribution < -0.4 is 10.2 Å². The summed E-state index contributed by atoms with van der Waals surface area (Å²) in [6.07, 6.45) is -1.33. The van der Waals surface area contributed by atoms with Gasteiger partial charge in [-0.25, -0.2) is 0 Å². The number of rotatable bonds is 3. The number of benzene rings is 1. The maximum Gasteiger partial charge on any atom is 0.416 e. The predicted molar refractivity (Wildman–Crippen MR) is 86.4 cm³/mol. The number of anilines is 2. The van der Waals surface area contributed by atoms with Crippen molar-refractivity contribution in [3.05, 3.63) is 29.8 Å². The van der Waals surface area contributed by atoms with E-state index in [-0.39, 0.29) is 22.8 Å². The van der Waals surface area contributed by atoms with Crippen LogP contribution in [-0.2, 0) is 6.18 Å². The molecule has 0 unspecified atom stereocenters. The van der Waals surface area contributed by atoms with Gasteiger partial charge in [-0.3, -0.25) is 0 Å². The maximum atomic E-state index is 13.0. The number of hydrogen-bond acceptors (Lipinski definition) is 4. The van der Waals surface area contributed by atoms with Crippen molar-refractivity contribution in [2.24, 2.45) is 0 Å². The molecular formula is C17H19F3N2O2. The SMILES string of the molecule is CNc1oc(N2CCCCC2)c(O)c1-c1cccc(C(F)(F)F)c1. The molecule has 3 rings (SSSR count). The third-order valence-corrected chi connectivity index (χ3v) is 4.21. The molecule has 0 bridgehead atoms. The Morgan fingerprint density at radius 2 is 1.88 bits per heavy atom. The van der Waals surface area contributed by atoms with Crippen molar-refractivity contribution >= 4 is 11.8 Å². The maximum absolute atomic E-state index is 13.0. The molecule has 4 nitrogen and oxygen atoms in total. The molecule has 24 heavy (non-hydrogen) atoms. The van der Waals surface area contributed by atoms with Crippen LogP contribution in [0.3, 0.4) is 0 Å². The molecule has 7 heteroatoms. The molecule has 1 aromatic heterocycles. The summed E-state index contributed by atoms with van der Waals surface area (Å²) in [5.74, 6) is 0.444. The summed E-state index contributed by atoms with van der Waals surface area (Å²) in [5.41, 5.74) is -0.245. The van der Waals surface area contributed by atoms with Crippen LogP contribution in [0, 0.1) is 0 Å². The third kappa shape index (κ3) is 3.02. The Bertz CT molecular complexity index is 719. The van der Waals surface area contributed by atoms with Gasteiger partial charge < -0.3 is 19.7 Å². The predicted octanol–water partition coefficient (Wildman–Crippen LogP) is 4.70. The highest BCUT2D eigenvalue weighted by molar-refractivity contribution is 5.85. The van der Waals surface area contributed by atoms with Gasteiger partial charge in [-0.1, -0.05) is 12.1 Å². The van der Waals surface area contributed by atoms with Gasteiger partial charge in [0.2, 0.25) is 11.8 Å². The van der Waals surface area contributed by atoms with Gasteiger partial charge in [-0.15, -0.1) is 0 Å². The summed E-state index contributed by atoms with van der Waals surface area (Å²) in [5, 5.41) is 13.4. The lowest BCUT2D eigenvalue weighted by Gasteiger charge is -2.26. The number of halogens is 3. The molecule has 1 saturated heterocycles. The second-order valence-electron chi connectivity index (χ2n) is 5.84. The standard InChI is InChI=1S/C17H19F3N2O2/c1-21-15-13(11-6-5-7-12(10-11)17(18,19)20)14(23)16(24-15)22-8-3-2-4-9-22/h5-7,10,21,23H,2-4,8-9H2,1H3. The second kappa shape index (κ2) is 6.30. The normalized spacial score (nSPS) is 15.6. The minimum Gasteiger partial charge on any atom is -0.503 e. The van der Waals surface area contributed by atoms with E-state index in [0.29, 0.717) is 5.88 Å². The van der Waals surface area contributed by atoms with E-state index in [9.17, 15) is 18.3 Å². The lowest BCUT2D eigenvalue weighted by atomic mass is 10.0. The number of alkyl halides is 3. The average molecular weight is 340 g/mol. The number of hydrogen-bond donors (Lipinski definition) is 2. The Morgan fingerprint density at radius 1 is 1.17 bits per heavy atom. The minimum absolute atomic E-state index is 0.124. The third-order valence-electron chi connectivity index (χ3n) is 4.21. The van der Waals surface area contributed by atoms with Crippen LogP contribution in [0.5, 0.6) is 5.75 Å². The van der Waals surface area contributed by atoms with Crippen molar-refractivity contribution in [1.82, 2.24) is 0 Å². The van der Waals surface area contributed by atoms with Crippen LogP contribution in [0.1, 0.15) is 24.8 Å². The number of nitrogens with one attached hydrogen (secondary N) is 1. The van der Waals surface area contributed by atoms with Crippen molar-refractivity contribution in [2.75, 3.05) is 30.4 Å². The van der Waals surface area contributed by atoms with Crippen LogP contribution in [0.2, 0.25) is 0 Å². The van der Waals surface area contributed by atoms with E-state index < -0.39 is 11.7 Å². The second-order valence-corrected chi connectivity index (χ2v) is 5.84. The van der Waals surface area contributed by atoms with Crippen molar-refractivity contribution < 1.29 is 22.7 Å². The summed E-state index contributed by atoms with van der Waals surface area (Å²) in [7, 11) is 1.61. The molecule has 0 saturated carbocycles. The Morgan fingerprint density at radius 3 is 2.50 bits per heavy atom. The van der Waals surface area contributed by atoms with Crippen LogP contribution >= 0.6 is 0 Å². The van der Waals surface area contributed by atoms with E-state index in [1.807, 2.05) is 4.90 Å². The molecule has 0 radical (unpaired) electrons. The lowest BCUT2D eigenvalue weighted by Crippen LogP contribution is -2.28. The van der Waals surface area contributed by atoms with E-state index in [4.69, 9.17) is 4.42 Å². The summed E-state index contributed by atoms with van der Waals surface area (Å²) >= 11 is 0. The van der Waals surface area contributed by atoms with Gasteiger partial charge in [0, 0.05) is 20.1 Å². The molecule has 0 amide bonds. The first-order valence-corrected chi connectivity index (χ1v) is 7.88. The molecule has 0 spiro atoms. The molecule has 1 fully saturated rings. The smallest absolute Gasteiger partial charge is 0.416 e. The van der Waals surface area contributed by atoms with Gasteiger partial charge in [-0.05, 0) is 37.0 Å². The van der Waals surface area contributed by atoms with Crippen molar-refractivity contribution in [3.63, 3.8) is 0 Å². The molecule has 1 aromatic carbocycles. The highest BCUT2D eigenvalue weighted by Crippen LogP contribution is 2.47. The molecule has 2 N–H and O–H groups in total. The van der Waals surface area contributed by atoms with Gasteiger partial charge >= 0.3 is 6.18 Å². The summed E-state index contributed by atoms with van der Waals surface area (Å²) in [4.78, 5) is 1.93. The number of furan rings is 1. The molecule has 2 heterocycles. The van der Waals surface area contributed by atoms with Gasteiger partial charge in [0.05, 0.1) is 11.1 Å². The van der Waals surface area contributed by atoms with Crippen LogP contribution in [0.25, 0.3) is 11.1 Å². The number of aromatic hydroxyl groups is 1. The van der Waals surface area contributed by atoms with E-state index in [1.165, 1.54) is 12.1 Å². The first kappa shape index (κ1) is 16.5. The summed E-state index contributed by atoms with van der Waals surface area (Å²) in [6, 6.07) is 4.88. The molecular weight excluding hydrogens is 321 g/mol. The van der Waals surface area contributed by atoms with Crippen LogP contribution in [-0.4, -0.2) is 25.2 Å². The van der Waals surface area contributed by atoms with Crippen molar-refractivity contribution in [3.8, 4) is 16.9 Å². The fourth-order valence-corrected chi connectivity index (χ4v) is 3.02. The number of piperidine rings is 1. The highest BCUT2D eigenvalue weighted by Gasteiger charge is 2.32. The Kier molecular flexibility index (Phi) is 4.34. The molecule has 1 aliphatic heterocycles. The zero-order chi connectivity index (χ0) is 17.3. The zero-order valence-corrected chi connectivity index (χ0v) is 13.3. The Hall–Kier alpha value is -2.31. The van der Waals surface area contributed by atoms with E-state index in [1.54, 1.807) is 7.05 Å². The quantitative estimate of drug-likeness (QED) is 0.850. The van der Waals surface area contributed by atoms with Gasteiger partial charge in [0.15, 0.2) is 5.75 Å². The first-order chi connectivity index (χ1) is 11.4. The van der Waals surface area contributed by atoms with Crippen molar-refractivity contribution in [1.29, 1.82) is 0 Å². The minimum atomic E-state index is -4.44. The summed E-state index contributed by atoms with van der Waals surface area (Å²) in [6.45, 7) is 1.51. The van der Waals surface area contributed by atoms with Gasteiger partial charge in [0.1, 0.15) is 0 Å². The fraction of sp³-hybridized carbons (Fsp3) is 0.412. The van der Waals surface area contributed by atoms with Gasteiger partial charge in [-0.2, -0.15) is 13.2 Å². The topological polar surface area (TPSA) is 48.6 Å². The molecule has 2 aromatic rings. The van der Waals surface area contributed by atoms with Gasteiger partial charge in [0.25, 0.3) is 0 Å². The molecule has 1 aliphatic rings. The summed E-state index contributed by atoms with van der Waals surface area (Å²) < 4.78 is 44.6. The number of nitrogens with zero attached hydrogens (tertiary/aromatic N) is 1. The fourth-order valence-electron chi connectivity index (χ4n) is 3.02. The monoisotopic (exact) mass is 340 g/mol. The Balaban J connectivity index is 2.06. The first-order valence-electron chi connectivity index (χ1n) is 7.88. The Labute approximate surface area is 137 Å². The van der Waals surface area contributed by atoms with Crippen molar-refractivity contribution in [2.45, 2.75) is 25.4 Å². The molecule has 130 valence electrons. The lowest BCUT2D eigenvalue weighted by molar-refractivity contribution is -0.137.